The van der Waals surface area contributed by atoms with Crippen LogP contribution in [0.5, 0.6) is 0 Å². The topological polar surface area (TPSA) is 12.0 Å². The minimum atomic E-state index is 0.573. The van der Waals surface area contributed by atoms with Gasteiger partial charge in [-0.1, -0.05) is 63.8 Å². The molecule has 21 heavy (non-hydrogen) atoms. The Morgan fingerprint density at radius 3 is 2.52 bits per heavy atom. The largest absolute Gasteiger partial charge is 0.314 e. The van der Waals surface area contributed by atoms with Gasteiger partial charge in [0.2, 0.25) is 0 Å². The molecule has 1 aliphatic carbocycles. The highest BCUT2D eigenvalue weighted by Gasteiger charge is 2.31. The maximum Gasteiger partial charge on any atom is 0.0406 e. The van der Waals surface area contributed by atoms with Gasteiger partial charge in [0.25, 0.3) is 0 Å². The van der Waals surface area contributed by atoms with Crippen molar-refractivity contribution in [3.05, 3.63) is 34.9 Å². The molecule has 1 aliphatic rings. The molecule has 0 saturated heterocycles. The van der Waals surface area contributed by atoms with Crippen LogP contribution in [0.1, 0.15) is 64.4 Å². The second-order valence-electron chi connectivity index (χ2n) is 6.95. The van der Waals surface area contributed by atoms with Crippen LogP contribution in [0.25, 0.3) is 0 Å². The molecule has 0 aliphatic heterocycles. The minimum absolute atomic E-state index is 0.573. The van der Waals surface area contributed by atoms with E-state index in [0.29, 0.717) is 12.0 Å². The van der Waals surface area contributed by atoms with Gasteiger partial charge in [-0.25, -0.2) is 0 Å². The molecule has 0 aromatic heterocycles. The van der Waals surface area contributed by atoms with Crippen LogP contribution in [0, 0.1) is 11.8 Å². The number of rotatable bonds is 6. The average molecular weight is 308 g/mol. The van der Waals surface area contributed by atoms with Crippen LogP contribution in [0.3, 0.4) is 0 Å². The normalized spacial score (nSPS) is 26.2. The van der Waals surface area contributed by atoms with E-state index in [-0.39, 0.29) is 0 Å². The highest BCUT2D eigenvalue weighted by atomic mass is 35.5. The molecule has 0 bridgehead atoms. The minimum Gasteiger partial charge on any atom is -0.314 e. The lowest BCUT2D eigenvalue weighted by molar-refractivity contribution is 0.217. The second-order valence-corrected chi connectivity index (χ2v) is 7.39. The fourth-order valence-electron chi connectivity index (χ4n) is 3.74. The number of benzene rings is 1. The molecule has 1 aromatic carbocycles. The van der Waals surface area contributed by atoms with Gasteiger partial charge in [-0.05, 0) is 54.8 Å². The first kappa shape index (κ1) is 16.8. The summed E-state index contributed by atoms with van der Waals surface area (Å²) in [5.74, 6) is 2.37. The van der Waals surface area contributed by atoms with E-state index in [1.165, 1.54) is 37.7 Å². The van der Waals surface area contributed by atoms with Crippen molar-refractivity contribution < 1.29 is 0 Å². The Kier molecular flexibility index (Phi) is 6.57. The summed E-state index contributed by atoms with van der Waals surface area (Å²) >= 11 is 6.06. The Labute approximate surface area is 135 Å². The number of halogens is 1. The van der Waals surface area contributed by atoms with Crippen molar-refractivity contribution in [1.29, 1.82) is 0 Å². The van der Waals surface area contributed by atoms with Crippen molar-refractivity contribution >= 4 is 11.6 Å². The van der Waals surface area contributed by atoms with Gasteiger partial charge in [-0.15, -0.1) is 0 Å². The first-order chi connectivity index (χ1) is 10.1. The summed E-state index contributed by atoms with van der Waals surface area (Å²) in [6, 6.07) is 9.15. The Bertz CT molecular complexity index is 412. The van der Waals surface area contributed by atoms with Crippen molar-refractivity contribution in [2.24, 2.45) is 11.8 Å². The van der Waals surface area contributed by atoms with Crippen LogP contribution >= 0.6 is 11.6 Å². The highest BCUT2D eigenvalue weighted by molar-refractivity contribution is 6.30. The molecule has 2 heteroatoms. The lowest BCUT2D eigenvalue weighted by Crippen LogP contribution is -2.35. The molecule has 3 unspecified atom stereocenters. The lowest BCUT2D eigenvalue weighted by Gasteiger charge is -2.37. The van der Waals surface area contributed by atoms with Crippen molar-refractivity contribution in [2.75, 3.05) is 6.54 Å². The van der Waals surface area contributed by atoms with Gasteiger partial charge in [-0.3, -0.25) is 0 Å². The summed E-state index contributed by atoms with van der Waals surface area (Å²) in [6.45, 7) is 7.92. The predicted molar refractivity (Wildman–Crippen MR) is 93.1 cm³/mol. The van der Waals surface area contributed by atoms with Crippen molar-refractivity contribution in [1.82, 2.24) is 5.32 Å². The van der Waals surface area contributed by atoms with Crippen LogP contribution < -0.4 is 5.32 Å². The molecule has 0 radical (unpaired) electrons. The molecule has 0 amide bonds. The van der Waals surface area contributed by atoms with Gasteiger partial charge < -0.3 is 5.32 Å². The van der Waals surface area contributed by atoms with E-state index >= 15 is 0 Å². The summed E-state index contributed by atoms with van der Waals surface area (Å²) < 4.78 is 0. The monoisotopic (exact) mass is 307 g/mol. The molecule has 3 atom stereocenters. The standard InChI is InChI=1S/C19H30ClN/c1-4-5-15-6-7-17(13-21-14(2)3)19(12-15)16-8-10-18(20)11-9-16/h8-11,14-15,17,19,21H,4-7,12-13H2,1-3H3. The molecular weight excluding hydrogens is 278 g/mol. The van der Waals surface area contributed by atoms with Gasteiger partial charge in [0.15, 0.2) is 0 Å². The van der Waals surface area contributed by atoms with Gasteiger partial charge in [0.05, 0.1) is 0 Å². The Morgan fingerprint density at radius 1 is 1.19 bits per heavy atom. The lowest BCUT2D eigenvalue weighted by atomic mass is 9.70. The van der Waals surface area contributed by atoms with Crippen LogP contribution in [-0.4, -0.2) is 12.6 Å². The summed E-state index contributed by atoms with van der Waals surface area (Å²) in [4.78, 5) is 0. The van der Waals surface area contributed by atoms with Crippen molar-refractivity contribution in [3.8, 4) is 0 Å². The van der Waals surface area contributed by atoms with E-state index in [1.807, 2.05) is 12.1 Å². The zero-order valence-corrected chi connectivity index (χ0v) is 14.5. The molecule has 1 nitrogen and oxygen atoms in total. The summed E-state index contributed by atoms with van der Waals surface area (Å²) in [5, 5.41) is 4.49. The first-order valence-corrected chi connectivity index (χ1v) is 8.96. The quantitative estimate of drug-likeness (QED) is 0.717. The third-order valence-electron chi connectivity index (χ3n) is 4.89. The Balaban J connectivity index is 2.09. The molecule has 1 fully saturated rings. The van der Waals surface area contributed by atoms with Gasteiger partial charge in [0.1, 0.15) is 0 Å². The van der Waals surface area contributed by atoms with Crippen molar-refractivity contribution in [3.63, 3.8) is 0 Å². The van der Waals surface area contributed by atoms with Gasteiger partial charge in [0, 0.05) is 11.1 Å². The summed E-state index contributed by atoms with van der Waals surface area (Å²) in [6.07, 6.45) is 6.81. The molecule has 118 valence electrons. The fourth-order valence-corrected chi connectivity index (χ4v) is 3.87. The van der Waals surface area contributed by atoms with E-state index in [9.17, 15) is 0 Å². The maximum atomic E-state index is 6.06. The molecule has 0 spiro atoms. The number of hydrogen-bond donors (Lipinski definition) is 1. The Hall–Kier alpha value is -0.530. The smallest absolute Gasteiger partial charge is 0.0406 e. The molecule has 1 N–H and O–H groups in total. The summed E-state index contributed by atoms with van der Waals surface area (Å²) in [5.41, 5.74) is 1.48. The first-order valence-electron chi connectivity index (χ1n) is 8.59. The van der Waals surface area contributed by atoms with Crippen LogP contribution in [0.4, 0.5) is 0 Å². The third kappa shape index (κ3) is 5.00. The van der Waals surface area contributed by atoms with E-state index in [1.54, 1.807) is 0 Å². The third-order valence-corrected chi connectivity index (χ3v) is 5.14. The number of nitrogens with one attached hydrogen (secondary N) is 1. The van der Waals surface area contributed by atoms with Crippen LogP contribution in [0.2, 0.25) is 5.02 Å². The second kappa shape index (κ2) is 8.19. The van der Waals surface area contributed by atoms with E-state index < -0.39 is 0 Å². The molecule has 1 saturated carbocycles. The van der Waals surface area contributed by atoms with E-state index in [4.69, 9.17) is 11.6 Å². The van der Waals surface area contributed by atoms with E-state index in [0.717, 1.165) is 23.4 Å². The maximum absolute atomic E-state index is 6.06. The Morgan fingerprint density at radius 2 is 1.90 bits per heavy atom. The zero-order chi connectivity index (χ0) is 15.2. The van der Waals surface area contributed by atoms with Crippen LogP contribution in [0.15, 0.2) is 24.3 Å². The molecule has 0 heterocycles. The van der Waals surface area contributed by atoms with E-state index in [2.05, 4.69) is 38.2 Å². The van der Waals surface area contributed by atoms with Crippen LogP contribution in [-0.2, 0) is 0 Å². The summed E-state index contributed by atoms with van der Waals surface area (Å²) in [7, 11) is 0. The highest BCUT2D eigenvalue weighted by Crippen LogP contribution is 2.42. The van der Waals surface area contributed by atoms with Gasteiger partial charge in [-0.2, -0.15) is 0 Å². The number of hydrogen-bond acceptors (Lipinski definition) is 1. The SMILES string of the molecule is CCCC1CCC(CNC(C)C)C(c2ccc(Cl)cc2)C1. The fraction of sp³-hybridized carbons (Fsp3) is 0.684. The zero-order valence-electron chi connectivity index (χ0n) is 13.7. The average Bonchev–Trinajstić information content (AvgIpc) is 2.47. The predicted octanol–water partition coefficient (Wildman–Crippen LogP) is 5.64. The molecule has 2 rings (SSSR count). The van der Waals surface area contributed by atoms with Crippen molar-refractivity contribution in [2.45, 2.75) is 64.8 Å². The molecule has 1 aromatic rings. The van der Waals surface area contributed by atoms with Gasteiger partial charge >= 0.3 is 0 Å². The molecular formula is C19H30ClN.